The zero-order valence-corrected chi connectivity index (χ0v) is 11.0. The van der Waals surface area contributed by atoms with Gasteiger partial charge in [-0.25, -0.2) is 4.98 Å². The van der Waals surface area contributed by atoms with Gasteiger partial charge in [0.25, 0.3) is 0 Å². The first-order valence-electron chi connectivity index (χ1n) is 5.86. The first kappa shape index (κ1) is 13.7. The number of amides is 1. The third-order valence-corrected chi connectivity index (χ3v) is 2.17. The number of carbonyl (C=O) groups excluding carboxylic acids is 1. The molecule has 0 saturated heterocycles. The third kappa shape index (κ3) is 5.49. The van der Waals surface area contributed by atoms with Crippen LogP contribution in [0.3, 0.4) is 0 Å². The Morgan fingerprint density at radius 3 is 2.71 bits per heavy atom. The van der Waals surface area contributed by atoms with Crippen LogP contribution in [0.15, 0.2) is 10.6 Å². The Morgan fingerprint density at radius 2 is 2.18 bits per heavy atom. The second kappa shape index (κ2) is 5.82. The summed E-state index contributed by atoms with van der Waals surface area (Å²) in [5.74, 6) is 1.32. The summed E-state index contributed by atoms with van der Waals surface area (Å²) < 4.78 is 5.38. The van der Waals surface area contributed by atoms with Gasteiger partial charge in [-0.1, -0.05) is 6.92 Å². The Kier molecular flexibility index (Phi) is 4.69. The number of aromatic nitrogens is 1. The monoisotopic (exact) mass is 239 g/mol. The predicted molar refractivity (Wildman–Crippen MR) is 65.5 cm³/mol. The van der Waals surface area contributed by atoms with Crippen molar-refractivity contribution >= 4 is 5.91 Å². The van der Waals surface area contributed by atoms with Crippen molar-refractivity contribution < 1.29 is 9.21 Å². The van der Waals surface area contributed by atoms with Crippen molar-refractivity contribution in [2.45, 2.75) is 46.2 Å². The van der Waals surface area contributed by atoms with Crippen molar-refractivity contribution in [3.05, 3.63) is 17.8 Å². The average molecular weight is 239 g/mol. The van der Waals surface area contributed by atoms with E-state index < -0.39 is 0 Å². The summed E-state index contributed by atoms with van der Waals surface area (Å²) >= 11 is 0. The van der Waals surface area contributed by atoms with E-state index in [9.17, 15) is 4.79 Å². The SMILES string of the molecule is CCc1cnc(CNC(=O)CNC(C)(C)C)o1. The maximum Gasteiger partial charge on any atom is 0.234 e. The fraction of sp³-hybridized carbons (Fsp3) is 0.667. The van der Waals surface area contributed by atoms with E-state index in [1.165, 1.54) is 0 Å². The fourth-order valence-corrected chi connectivity index (χ4v) is 1.18. The number of oxazole rings is 1. The summed E-state index contributed by atoms with van der Waals surface area (Å²) in [5, 5.41) is 5.86. The van der Waals surface area contributed by atoms with E-state index in [0.29, 0.717) is 19.0 Å². The van der Waals surface area contributed by atoms with Crippen LogP contribution in [-0.4, -0.2) is 23.0 Å². The highest BCUT2D eigenvalue weighted by atomic mass is 16.4. The molecule has 1 aromatic heterocycles. The summed E-state index contributed by atoms with van der Waals surface area (Å²) in [6.07, 6.45) is 2.50. The minimum atomic E-state index is -0.0599. The number of hydrogen-bond acceptors (Lipinski definition) is 4. The van der Waals surface area contributed by atoms with Crippen molar-refractivity contribution in [3.63, 3.8) is 0 Å². The molecule has 0 unspecified atom stereocenters. The summed E-state index contributed by atoms with van der Waals surface area (Å²) in [6, 6.07) is 0. The lowest BCUT2D eigenvalue weighted by atomic mass is 10.1. The molecule has 96 valence electrons. The zero-order chi connectivity index (χ0) is 12.9. The quantitative estimate of drug-likeness (QED) is 0.811. The van der Waals surface area contributed by atoms with Crippen LogP contribution in [0.1, 0.15) is 39.3 Å². The van der Waals surface area contributed by atoms with Gasteiger partial charge in [0.05, 0.1) is 19.3 Å². The summed E-state index contributed by atoms with van der Waals surface area (Å²) in [7, 11) is 0. The molecule has 17 heavy (non-hydrogen) atoms. The van der Waals surface area contributed by atoms with Crippen molar-refractivity contribution in [2.24, 2.45) is 0 Å². The van der Waals surface area contributed by atoms with E-state index in [2.05, 4.69) is 15.6 Å². The number of carbonyl (C=O) groups is 1. The number of nitrogens with zero attached hydrogens (tertiary/aromatic N) is 1. The van der Waals surface area contributed by atoms with E-state index >= 15 is 0 Å². The molecule has 0 aliphatic heterocycles. The molecular formula is C12H21N3O2. The van der Waals surface area contributed by atoms with Gasteiger partial charge in [-0.05, 0) is 20.8 Å². The Morgan fingerprint density at radius 1 is 1.47 bits per heavy atom. The van der Waals surface area contributed by atoms with Gasteiger partial charge in [-0.3, -0.25) is 4.79 Å². The van der Waals surface area contributed by atoms with Crippen molar-refractivity contribution in [1.29, 1.82) is 0 Å². The standard InChI is InChI=1S/C12H21N3O2/c1-5-9-6-14-11(17-9)8-13-10(16)7-15-12(2,3)4/h6,15H,5,7-8H2,1-4H3,(H,13,16). The molecule has 1 aromatic rings. The fourth-order valence-electron chi connectivity index (χ4n) is 1.18. The molecule has 5 heteroatoms. The highest BCUT2D eigenvalue weighted by Gasteiger charge is 2.11. The van der Waals surface area contributed by atoms with Crippen LogP contribution in [0.5, 0.6) is 0 Å². The van der Waals surface area contributed by atoms with Gasteiger partial charge in [0.15, 0.2) is 0 Å². The minimum Gasteiger partial charge on any atom is -0.444 e. The normalized spacial score (nSPS) is 11.5. The Bertz CT molecular complexity index is 366. The first-order valence-corrected chi connectivity index (χ1v) is 5.86. The molecule has 0 saturated carbocycles. The Balaban J connectivity index is 2.28. The number of nitrogens with one attached hydrogen (secondary N) is 2. The maximum absolute atomic E-state index is 11.5. The summed E-state index contributed by atoms with van der Waals surface area (Å²) in [5.41, 5.74) is -0.0599. The maximum atomic E-state index is 11.5. The Hall–Kier alpha value is -1.36. The van der Waals surface area contributed by atoms with Crippen molar-refractivity contribution in [2.75, 3.05) is 6.54 Å². The molecule has 0 fully saturated rings. The summed E-state index contributed by atoms with van der Waals surface area (Å²) in [6.45, 7) is 8.68. The topological polar surface area (TPSA) is 67.2 Å². The van der Waals surface area contributed by atoms with Crippen LogP contribution >= 0.6 is 0 Å². The highest BCUT2D eigenvalue weighted by molar-refractivity contribution is 5.77. The molecule has 0 spiro atoms. The van der Waals surface area contributed by atoms with E-state index in [1.54, 1.807) is 6.20 Å². The molecule has 0 atom stereocenters. The lowest BCUT2D eigenvalue weighted by Gasteiger charge is -2.19. The van der Waals surface area contributed by atoms with Crippen LogP contribution < -0.4 is 10.6 Å². The highest BCUT2D eigenvalue weighted by Crippen LogP contribution is 2.03. The van der Waals surface area contributed by atoms with E-state index in [0.717, 1.165) is 12.2 Å². The van der Waals surface area contributed by atoms with Crippen LogP contribution in [0.4, 0.5) is 0 Å². The molecule has 0 radical (unpaired) electrons. The van der Waals surface area contributed by atoms with Crippen molar-refractivity contribution in [3.8, 4) is 0 Å². The predicted octanol–water partition coefficient (Wildman–Crippen LogP) is 1.24. The molecular weight excluding hydrogens is 218 g/mol. The van der Waals surface area contributed by atoms with Gasteiger partial charge < -0.3 is 15.1 Å². The zero-order valence-electron chi connectivity index (χ0n) is 11.0. The van der Waals surface area contributed by atoms with Crippen LogP contribution in [0.2, 0.25) is 0 Å². The molecule has 1 heterocycles. The molecule has 1 rings (SSSR count). The van der Waals surface area contributed by atoms with E-state index in [-0.39, 0.29) is 11.4 Å². The van der Waals surface area contributed by atoms with Crippen LogP contribution in [0.25, 0.3) is 0 Å². The number of rotatable bonds is 5. The number of hydrogen-bond donors (Lipinski definition) is 2. The molecule has 0 aliphatic carbocycles. The first-order chi connectivity index (χ1) is 7.90. The average Bonchev–Trinajstić information content (AvgIpc) is 2.70. The number of aryl methyl sites for hydroxylation is 1. The lowest BCUT2D eigenvalue weighted by molar-refractivity contribution is -0.120. The van der Waals surface area contributed by atoms with Gasteiger partial charge in [0.1, 0.15) is 5.76 Å². The van der Waals surface area contributed by atoms with E-state index in [4.69, 9.17) is 4.42 Å². The molecule has 0 bridgehead atoms. The summed E-state index contributed by atoms with van der Waals surface area (Å²) in [4.78, 5) is 15.6. The van der Waals surface area contributed by atoms with Gasteiger partial charge in [0, 0.05) is 12.0 Å². The lowest BCUT2D eigenvalue weighted by Crippen LogP contribution is -2.43. The van der Waals surface area contributed by atoms with E-state index in [1.807, 2.05) is 27.7 Å². The molecule has 5 nitrogen and oxygen atoms in total. The third-order valence-electron chi connectivity index (χ3n) is 2.17. The van der Waals surface area contributed by atoms with Gasteiger partial charge in [-0.15, -0.1) is 0 Å². The molecule has 1 amide bonds. The van der Waals surface area contributed by atoms with Crippen LogP contribution in [-0.2, 0) is 17.8 Å². The second-order valence-electron chi connectivity index (χ2n) is 4.95. The molecule has 0 aromatic carbocycles. The van der Waals surface area contributed by atoms with Crippen molar-refractivity contribution in [1.82, 2.24) is 15.6 Å². The minimum absolute atomic E-state index is 0.0591. The largest absolute Gasteiger partial charge is 0.444 e. The van der Waals surface area contributed by atoms with Gasteiger partial charge >= 0.3 is 0 Å². The molecule has 0 aliphatic rings. The molecule has 2 N–H and O–H groups in total. The van der Waals surface area contributed by atoms with Gasteiger partial charge in [0.2, 0.25) is 11.8 Å². The smallest absolute Gasteiger partial charge is 0.234 e. The van der Waals surface area contributed by atoms with Crippen LogP contribution in [0, 0.1) is 0 Å². The van der Waals surface area contributed by atoms with Gasteiger partial charge in [-0.2, -0.15) is 0 Å². The Labute approximate surface area is 102 Å². The second-order valence-corrected chi connectivity index (χ2v) is 4.95.